The zero-order chi connectivity index (χ0) is 17.1. The van der Waals surface area contributed by atoms with E-state index < -0.39 is 0 Å². The standard InChI is InChI=1S/C18H19N5O2/c24-18(15-7-4-8-19-15)23-11-9-22(10-12-23)13-16-20-21-17(25-16)14-5-2-1-3-6-14/h1-8,19H,9-13H2. The molecule has 1 aliphatic heterocycles. The number of benzene rings is 1. The van der Waals surface area contributed by atoms with Crippen LogP contribution in [0.5, 0.6) is 0 Å². The number of nitrogens with zero attached hydrogens (tertiary/aromatic N) is 4. The van der Waals surface area contributed by atoms with E-state index in [9.17, 15) is 4.79 Å². The molecular formula is C18H19N5O2. The van der Waals surface area contributed by atoms with Crippen LogP contribution in [-0.4, -0.2) is 57.1 Å². The van der Waals surface area contributed by atoms with Gasteiger partial charge in [-0.25, -0.2) is 0 Å². The molecule has 0 bridgehead atoms. The van der Waals surface area contributed by atoms with Gasteiger partial charge in [0, 0.05) is 37.9 Å². The van der Waals surface area contributed by atoms with E-state index >= 15 is 0 Å². The first-order chi connectivity index (χ1) is 12.3. The summed E-state index contributed by atoms with van der Waals surface area (Å²) >= 11 is 0. The minimum absolute atomic E-state index is 0.0498. The Kier molecular flexibility index (Phi) is 4.30. The highest BCUT2D eigenvalue weighted by Crippen LogP contribution is 2.18. The predicted octanol–water partition coefficient (Wildman–Crippen LogP) is 2.02. The molecule has 0 unspecified atom stereocenters. The van der Waals surface area contributed by atoms with Crippen LogP contribution >= 0.6 is 0 Å². The molecular weight excluding hydrogens is 318 g/mol. The van der Waals surface area contributed by atoms with Crippen LogP contribution < -0.4 is 0 Å². The highest BCUT2D eigenvalue weighted by atomic mass is 16.4. The fourth-order valence-corrected chi connectivity index (χ4v) is 2.95. The number of piperazine rings is 1. The van der Waals surface area contributed by atoms with E-state index in [-0.39, 0.29) is 5.91 Å². The van der Waals surface area contributed by atoms with Gasteiger partial charge < -0.3 is 14.3 Å². The summed E-state index contributed by atoms with van der Waals surface area (Å²) in [5.41, 5.74) is 1.56. The van der Waals surface area contributed by atoms with E-state index in [4.69, 9.17) is 4.42 Å². The third kappa shape index (κ3) is 3.46. The first-order valence-corrected chi connectivity index (χ1v) is 8.32. The molecule has 3 aromatic rings. The number of amides is 1. The molecule has 128 valence electrons. The first kappa shape index (κ1) is 15.6. The Morgan fingerprint density at radius 2 is 1.84 bits per heavy atom. The lowest BCUT2D eigenvalue weighted by molar-refractivity contribution is 0.0613. The summed E-state index contributed by atoms with van der Waals surface area (Å²) in [6.45, 7) is 3.56. The first-order valence-electron chi connectivity index (χ1n) is 8.32. The molecule has 1 saturated heterocycles. The number of aromatic nitrogens is 3. The van der Waals surface area contributed by atoms with E-state index in [1.165, 1.54) is 0 Å². The Morgan fingerprint density at radius 1 is 1.04 bits per heavy atom. The van der Waals surface area contributed by atoms with E-state index in [2.05, 4.69) is 20.1 Å². The molecule has 2 aromatic heterocycles. The van der Waals surface area contributed by atoms with E-state index in [1.807, 2.05) is 41.3 Å². The summed E-state index contributed by atoms with van der Waals surface area (Å²) in [6, 6.07) is 13.4. The predicted molar refractivity (Wildman–Crippen MR) is 91.7 cm³/mol. The zero-order valence-corrected chi connectivity index (χ0v) is 13.8. The molecule has 0 spiro atoms. The van der Waals surface area contributed by atoms with Crippen LogP contribution in [0.25, 0.3) is 11.5 Å². The zero-order valence-electron chi connectivity index (χ0n) is 13.8. The van der Waals surface area contributed by atoms with Crippen molar-refractivity contribution < 1.29 is 9.21 Å². The van der Waals surface area contributed by atoms with Gasteiger partial charge in [0.15, 0.2) is 0 Å². The SMILES string of the molecule is O=C(c1ccc[nH]1)N1CCN(Cc2nnc(-c3ccccc3)o2)CC1. The average molecular weight is 337 g/mol. The van der Waals surface area contributed by atoms with Gasteiger partial charge in [-0.15, -0.1) is 10.2 Å². The van der Waals surface area contributed by atoms with Crippen LogP contribution in [0.1, 0.15) is 16.4 Å². The molecule has 4 rings (SSSR count). The number of rotatable bonds is 4. The van der Waals surface area contributed by atoms with Crippen molar-refractivity contribution in [1.29, 1.82) is 0 Å². The fraction of sp³-hybridized carbons (Fsp3) is 0.278. The van der Waals surface area contributed by atoms with Gasteiger partial charge in [-0.05, 0) is 24.3 Å². The fourth-order valence-electron chi connectivity index (χ4n) is 2.95. The lowest BCUT2D eigenvalue weighted by Crippen LogP contribution is -2.48. The molecule has 0 radical (unpaired) electrons. The minimum atomic E-state index is 0.0498. The van der Waals surface area contributed by atoms with Gasteiger partial charge in [0.05, 0.1) is 6.54 Å². The molecule has 0 aliphatic carbocycles. The van der Waals surface area contributed by atoms with Crippen LogP contribution in [0.4, 0.5) is 0 Å². The second-order valence-corrected chi connectivity index (χ2v) is 6.02. The highest BCUT2D eigenvalue weighted by molar-refractivity contribution is 5.92. The van der Waals surface area contributed by atoms with Crippen molar-refractivity contribution in [3.8, 4) is 11.5 Å². The molecule has 25 heavy (non-hydrogen) atoms. The summed E-state index contributed by atoms with van der Waals surface area (Å²) < 4.78 is 5.76. The maximum Gasteiger partial charge on any atom is 0.270 e. The summed E-state index contributed by atoms with van der Waals surface area (Å²) in [4.78, 5) is 19.4. The molecule has 0 atom stereocenters. The highest BCUT2D eigenvalue weighted by Gasteiger charge is 2.23. The molecule has 1 fully saturated rings. The third-order valence-electron chi connectivity index (χ3n) is 4.33. The van der Waals surface area contributed by atoms with Crippen molar-refractivity contribution in [3.05, 3.63) is 60.2 Å². The molecule has 1 aliphatic rings. The second kappa shape index (κ2) is 6.90. The van der Waals surface area contributed by atoms with Gasteiger partial charge in [-0.3, -0.25) is 9.69 Å². The number of hydrogen-bond acceptors (Lipinski definition) is 5. The van der Waals surface area contributed by atoms with Crippen molar-refractivity contribution in [3.63, 3.8) is 0 Å². The third-order valence-corrected chi connectivity index (χ3v) is 4.33. The normalized spacial score (nSPS) is 15.4. The second-order valence-electron chi connectivity index (χ2n) is 6.02. The van der Waals surface area contributed by atoms with Gasteiger partial charge in [-0.1, -0.05) is 18.2 Å². The Labute approximate surface area is 145 Å². The smallest absolute Gasteiger partial charge is 0.270 e. The number of aromatic amines is 1. The van der Waals surface area contributed by atoms with Gasteiger partial charge in [0.2, 0.25) is 11.8 Å². The molecule has 1 N–H and O–H groups in total. The lowest BCUT2D eigenvalue weighted by Gasteiger charge is -2.33. The summed E-state index contributed by atoms with van der Waals surface area (Å²) in [6.07, 6.45) is 1.77. The molecule has 3 heterocycles. The van der Waals surface area contributed by atoms with E-state index in [0.717, 1.165) is 18.7 Å². The topological polar surface area (TPSA) is 78.3 Å². The van der Waals surface area contributed by atoms with Crippen LogP contribution in [0, 0.1) is 0 Å². The molecule has 7 nitrogen and oxygen atoms in total. The summed E-state index contributed by atoms with van der Waals surface area (Å²) in [5.74, 6) is 1.19. The number of hydrogen-bond donors (Lipinski definition) is 1. The van der Waals surface area contributed by atoms with Gasteiger partial charge in [0.1, 0.15) is 5.69 Å². The van der Waals surface area contributed by atoms with Crippen molar-refractivity contribution in [2.75, 3.05) is 26.2 Å². The molecule has 1 aromatic carbocycles. The van der Waals surface area contributed by atoms with Crippen LogP contribution in [0.2, 0.25) is 0 Å². The quantitative estimate of drug-likeness (QED) is 0.788. The summed E-state index contributed by atoms with van der Waals surface area (Å²) in [7, 11) is 0. The average Bonchev–Trinajstić information content (AvgIpc) is 3.35. The monoisotopic (exact) mass is 337 g/mol. The maximum atomic E-state index is 12.3. The van der Waals surface area contributed by atoms with Crippen molar-refractivity contribution in [2.45, 2.75) is 6.54 Å². The maximum absolute atomic E-state index is 12.3. The van der Waals surface area contributed by atoms with E-state index in [0.29, 0.717) is 37.1 Å². The van der Waals surface area contributed by atoms with Gasteiger partial charge in [-0.2, -0.15) is 0 Å². The Bertz CT molecular complexity index is 820. The largest absolute Gasteiger partial charge is 0.419 e. The number of nitrogens with one attached hydrogen (secondary N) is 1. The molecule has 1 amide bonds. The van der Waals surface area contributed by atoms with Crippen molar-refractivity contribution >= 4 is 5.91 Å². The number of H-pyrrole nitrogens is 1. The van der Waals surface area contributed by atoms with Crippen LogP contribution in [0.15, 0.2) is 53.1 Å². The van der Waals surface area contributed by atoms with Crippen LogP contribution in [0.3, 0.4) is 0 Å². The van der Waals surface area contributed by atoms with Gasteiger partial charge in [0.25, 0.3) is 5.91 Å². The number of carbonyl (C=O) groups is 1. The number of carbonyl (C=O) groups excluding carboxylic acids is 1. The Hall–Kier alpha value is -2.93. The molecule has 7 heteroatoms. The minimum Gasteiger partial charge on any atom is -0.419 e. The van der Waals surface area contributed by atoms with Gasteiger partial charge >= 0.3 is 0 Å². The van der Waals surface area contributed by atoms with E-state index in [1.54, 1.807) is 12.3 Å². The molecule has 0 saturated carbocycles. The Balaban J connectivity index is 1.33. The summed E-state index contributed by atoms with van der Waals surface area (Å²) in [5, 5.41) is 8.25. The lowest BCUT2D eigenvalue weighted by atomic mass is 10.2. The van der Waals surface area contributed by atoms with Crippen molar-refractivity contribution in [2.24, 2.45) is 0 Å². The van der Waals surface area contributed by atoms with Crippen molar-refractivity contribution in [1.82, 2.24) is 25.0 Å². The van der Waals surface area contributed by atoms with Crippen LogP contribution in [-0.2, 0) is 6.54 Å². The Morgan fingerprint density at radius 3 is 2.56 bits per heavy atom.